The number of hydrogen-bond acceptors (Lipinski definition) is 3. The Hall–Kier alpha value is -1.81. The van der Waals surface area contributed by atoms with Crippen LogP contribution in [-0.2, 0) is 4.79 Å². The molecular formula is C17H18ClNO3. The highest BCUT2D eigenvalue weighted by molar-refractivity contribution is 6.31. The van der Waals surface area contributed by atoms with Gasteiger partial charge in [-0.1, -0.05) is 11.6 Å². The van der Waals surface area contributed by atoms with Gasteiger partial charge < -0.3 is 9.84 Å². The first-order valence-electron chi connectivity index (χ1n) is 7.45. The van der Waals surface area contributed by atoms with Gasteiger partial charge >= 0.3 is 5.97 Å². The number of benzene rings is 1. The van der Waals surface area contributed by atoms with E-state index in [4.69, 9.17) is 26.4 Å². The van der Waals surface area contributed by atoms with E-state index in [1.165, 1.54) is 0 Å². The first-order valence-corrected chi connectivity index (χ1v) is 7.83. The molecule has 5 heteroatoms. The van der Waals surface area contributed by atoms with Gasteiger partial charge in [-0.2, -0.15) is 0 Å². The standard InChI is InChI=1S/C17H18ClNO3/c1-22-13-6-7-15-12(8-13)9-14(18)16(19-15)10-2-4-11(5-3-10)17(20)21/h6-11H,2-5H2,1H3,(H,20,21). The van der Waals surface area contributed by atoms with Gasteiger partial charge in [-0.25, -0.2) is 0 Å². The smallest absolute Gasteiger partial charge is 0.306 e. The number of halogens is 1. The van der Waals surface area contributed by atoms with Crippen LogP contribution in [0.3, 0.4) is 0 Å². The van der Waals surface area contributed by atoms with Crippen LogP contribution in [0.4, 0.5) is 0 Å². The van der Waals surface area contributed by atoms with Gasteiger partial charge in [0.1, 0.15) is 5.75 Å². The summed E-state index contributed by atoms with van der Waals surface area (Å²) in [5, 5.41) is 10.7. The molecule has 1 fully saturated rings. The van der Waals surface area contributed by atoms with Crippen LogP contribution < -0.4 is 4.74 Å². The number of carboxylic acids is 1. The van der Waals surface area contributed by atoms with Gasteiger partial charge in [-0.05, 0) is 49.9 Å². The quantitative estimate of drug-likeness (QED) is 0.918. The third kappa shape index (κ3) is 2.88. The zero-order valence-corrected chi connectivity index (χ0v) is 13.1. The molecule has 2 aromatic rings. The van der Waals surface area contributed by atoms with E-state index >= 15 is 0 Å². The third-order valence-electron chi connectivity index (χ3n) is 4.47. The molecule has 1 aromatic carbocycles. The first-order chi connectivity index (χ1) is 10.6. The van der Waals surface area contributed by atoms with Gasteiger partial charge in [0.2, 0.25) is 0 Å². The molecule has 0 radical (unpaired) electrons. The molecule has 1 saturated carbocycles. The fraction of sp³-hybridized carbons (Fsp3) is 0.412. The summed E-state index contributed by atoms with van der Waals surface area (Å²) < 4.78 is 5.22. The summed E-state index contributed by atoms with van der Waals surface area (Å²) in [6.07, 6.45) is 3.04. The molecule has 1 heterocycles. The lowest BCUT2D eigenvalue weighted by atomic mass is 9.80. The average molecular weight is 320 g/mol. The average Bonchev–Trinajstić information content (AvgIpc) is 2.53. The van der Waals surface area contributed by atoms with Crippen molar-refractivity contribution < 1.29 is 14.6 Å². The summed E-state index contributed by atoms with van der Waals surface area (Å²) in [5.74, 6) is 0.109. The van der Waals surface area contributed by atoms with Crippen molar-refractivity contribution in [1.82, 2.24) is 4.98 Å². The van der Waals surface area contributed by atoms with E-state index in [0.29, 0.717) is 17.9 Å². The highest BCUT2D eigenvalue weighted by Gasteiger charge is 2.28. The van der Waals surface area contributed by atoms with Crippen LogP contribution in [0.5, 0.6) is 5.75 Å². The zero-order chi connectivity index (χ0) is 15.7. The molecule has 3 rings (SSSR count). The Morgan fingerprint density at radius 3 is 2.64 bits per heavy atom. The molecule has 0 aliphatic heterocycles. The molecule has 0 amide bonds. The number of carboxylic acid groups (broad SMARTS) is 1. The number of fused-ring (bicyclic) bond motifs is 1. The highest BCUT2D eigenvalue weighted by atomic mass is 35.5. The van der Waals surface area contributed by atoms with Crippen molar-refractivity contribution in [3.8, 4) is 5.75 Å². The number of pyridine rings is 1. The summed E-state index contributed by atoms with van der Waals surface area (Å²) >= 11 is 6.41. The number of ether oxygens (including phenoxy) is 1. The largest absolute Gasteiger partial charge is 0.497 e. The Morgan fingerprint density at radius 1 is 1.27 bits per heavy atom. The van der Waals surface area contributed by atoms with Gasteiger partial charge in [0.25, 0.3) is 0 Å². The molecule has 0 bridgehead atoms. The van der Waals surface area contributed by atoms with Crippen LogP contribution in [0, 0.1) is 5.92 Å². The zero-order valence-electron chi connectivity index (χ0n) is 12.4. The van der Waals surface area contributed by atoms with Crippen LogP contribution in [0.1, 0.15) is 37.3 Å². The molecule has 0 saturated heterocycles. The lowest BCUT2D eigenvalue weighted by Gasteiger charge is -2.26. The second kappa shape index (κ2) is 6.13. The van der Waals surface area contributed by atoms with Crippen molar-refractivity contribution in [2.24, 2.45) is 5.92 Å². The van der Waals surface area contributed by atoms with Gasteiger partial charge in [-0.3, -0.25) is 9.78 Å². The molecule has 0 atom stereocenters. The van der Waals surface area contributed by atoms with Crippen molar-refractivity contribution in [3.63, 3.8) is 0 Å². The Kier molecular flexibility index (Phi) is 4.21. The van der Waals surface area contributed by atoms with Gasteiger partial charge in [0.05, 0.1) is 29.3 Å². The van der Waals surface area contributed by atoms with Crippen LogP contribution in [-0.4, -0.2) is 23.2 Å². The predicted octanol–water partition coefficient (Wildman–Crippen LogP) is 4.26. The molecule has 22 heavy (non-hydrogen) atoms. The number of aromatic nitrogens is 1. The maximum absolute atomic E-state index is 11.0. The number of carbonyl (C=O) groups is 1. The monoisotopic (exact) mass is 319 g/mol. The predicted molar refractivity (Wildman–Crippen MR) is 85.6 cm³/mol. The van der Waals surface area contributed by atoms with E-state index in [9.17, 15) is 4.79 Å². The van der Waals surface area contributed by atoms with E-state index in [1.54, 1.807) is 7.11 Å². The molecule has 4 nitrogen and oxygen atoms in total. The molecule has 0 unspecified atom stereocenters. The van der Waals surface area contributed by atoms with Gasteiger partial charge in [0.15, 0.2) is 0 Å². The van der Waals surface area contributed by atoms with Crippen LogP contribution in [0.25, 0.3) is 10.9 Å². The number of hydrogen-bond donors (Lipinski definition) is 1. The number of rotatable bonds is 3. The first kappa shape index (κ1) is 15.1. The Bertz CT molecular complexity index is 708. The van der Waals surface area contributed by atoms with E-state index in [1.807, 2.05) is 24.3 Å². The minimum absolute atomic E-state index is 0.222. The van der Waals surface area contributed by atoms with Crippen LogP contribution in [0.15, 0.2) is 24.3 Å². The molecule has 1 aromatic heterocycles. The van der Waals surface area contributed by atoms with Crippen molar-refractivity contribution >= 4 is 28.5 Å². The summed E-state index contributed by atoms with van der Waals surface area (Å²) in [4.78, 5) is 15.8. The molecule has 1 N–H and O–H groups in total. The Balaban J connectivity index is 1.88. The van der Waals surface area contributed by atoms with Crippen molar-refractivity contribution in [1.29, 1.82) is 0 Å². The molecule has 1 aliphatic carbocycles. The van der Waals surface area contributed by atoms with Crippen molar-refractivity contribution in [3.05, 3.63) is 35.0 Å². The molecule has 1 aliphatic rings. The minimum Gasteiger partial charge on any atom is -0.497 e. The molecule has 0 spiro atoms. The lowest BCUT2D eigenvalue weighted by Crippen LogP contribution is -2.21. The van der Waals surface area contributed by atoms with Crippen molar-refractivity contribution in [2.75, 3.05) is 7.11 Å². The van der Waals surface area contributed by atoms with Gasteiger partial charge in [-0.15, -0.1) is 0 Å². The highest BCUT2D eigenvalue weighted by Crippen LogP contribution is 2.39. The van der Waals surface area contributed by atoms with E-state index < -0.39 is 5.97 Å². The van der Waals surface area contributed by atoms with Crippen LogP contribution in [0.2, 0.25) is 5.02 Å². The lowest BCUT2D eigenvalue weighted by molar-refractivity contribution is -0.142. The topological polar surface area (TPSA) is 59.4 Å². The maximum Gasteiger partial charge on any atom is 0.306 e. The maximum atomic E-state index is 11.0. The molecule has 116 valence electrons. The van der Waals surface area contributed by atoms with E-state index in [-0.39, 0.29) is 11.8 Å². The van der Waals surface area contributed by atoms with E-state index in [0.717, 1.165) is 35.2 Å². The summed E-state index contributed by atoms with van der Waals surface area (Å²) in [6, 6.07) is 7.65. The van der Waals surface area contributed by atoms with Crippen LogP contribution >= 0.6 is 11.6 Å². The summed E-state index contributed by atoms with van der Waals surface area (Å²) in [6.45, 7) is 0. The van der Waals surface area contributed by atoms with Gasteiger partial charge in [0, 0.05) is 11.3 Å². The number of nitrogens with zero attached hydrogens (tertiary/aromatic N) is 1. The Morgan fingerprint density at radius 2 is 2.00 bits per heavy atom. The SMILES string of the molecule is COc1ccc2nc(C3CCC(C(=O)O)CC3)c(Cl)cc2c1. The number of methoxy groups -OCH3 is 1. The fourth-order valence-corrected chi connectivity index (χ4v) is 3.48. The fourth-order valence-electron chi connectivity index (χ4n) is 3.17. The Labute approximate surface area is 134 Å². The number of aliphatic carboxylic acids is 1. The second-order valence-electron chi connectivity index (χ2n) is 5.80. The molecular weight excluding hydrogens is 302 g/mol. The minimum atomic E-state index is -0.692. The van der Waals surface area contributed by atoms with E-state index in [2.05, 4.69) is 0 Å². The summed E-state index contributed by atoms with van der Waals surface area (Å²) in [5.41, 5.74) is 1.78. The second-order valence-corrected chi connectivity index (χ2v) is 6.21. The normalized spacial score (nSPS) is 21.7. The third-order valence-corrected chi connectivity index (χ3v) is 4.77. The summed E-state index contributed by atoms with van der Waals surface area (Å²) in [7, 11) is 1.63. The van der Waals surface area contributed by atoms with Crippen molar-refractivity contribution in [2.45, 2.75) is 31.6 Å².